The molecule has 3 heterocycles. The Hall–Kier alpha value is -2.23. The quantitative estimate of drug-likeness (QED) is 0.496. The number of rotatable bonds is 5. The highest BCUT2D eigenvalue weighted by Crippen LogP contribution is 2.34. The van der Waals surface area contributed by atoms with E-state index in [2.05, 4.69) is 27.0 Å². The fourth-order valence-corrected chi connectivity index (χ4v) is 4.77. The van der Waals surface area contributed by atoms with Crippen molar-refractivity contribution in [3.63, 3.8) is 0 Å². The van der Waals surface area contributed by atoms with Crippen molar-refractivity contribution in [3.05, 3.63) is 53.2 Å². The number of fused-ring (bicyclic) bond motifs is 1. The van der Waals surface area contributed by atoms with Crippen molar-refractivity contribution >= 4 is 27.4 Å². The maximum Gasteiger partial charge on any atom is 0.393 e. The van der Waals surface area contributed by atoms with Crippen molar-refractivity contribution in [1.82, 2.24) is 14.9 Å². The summed E-state index contributed by atoms with van der Waals surface area (Å²) in [6, 6.07) is 11.9. The number of hydrazine groups is 1. The zero-order chi connectivity index (χ0) is 20.4. The molecule has 1 aliphatic heterocycles. The minimum Gasteiger partial charge on any atom is -0.299 e. The normalized spacial score (nSPS) is 16.4. The van der Waals surface area contributed by atoms with Gasteiger partial charge in [0.2, 0.25) is 0 Å². The van der Waals surface area contributed by atoms with E-state index in [1.165, 1.54) is 18.0 Å². The number of nitrogens with two attached hydrogens (primary N) is 1. The van der Waals surface area contributed by atoms with Crippen LogP contribution in [-0.2, 0) is 13.0 Å². The molecule has 0 spiro atoms. The van der Waals surface area contributed by atoms with E-state index in [-0.39, 0.29) is 10.9 Å². The predicted octanol–water partition coefficient (Wildman–Crippen LogP) is 4.14. The third-order valence-electron chi connectivity index (χ3n) is 5.18. The SMILES string of the molecule is NN(c1ncnc2sc(CC(F)(F)F)cc12)C1CCN(Cc2ccccc2)CC1. The molecule has 0 radical (unpaired) electrons. The van der Waals surface area contributed by atoms with Crippen LogP contribution >= 0.6 is 11.3 Å². The monoisotopic (exact) mass is 421 g/mol. The Morgan fingerprint density at radius 2 is 1.86 bits per heavy atom. The van der Waals surface area contributed by atoms with Crippen LogP contribution in [0.3, 0.4) is 0 Å². The minimum absolute atomic E-state index is 0.0890. The number of benzene rings is 1. The number of hydrogen-bond acceptors (Lipinski definition) is 6. The van der Waals surface area contributed by atoms with E-state index in [1.54, 1.807) is 5.01 Å². The molecule has 0 amide bonds. The van der Waals surface area contributed by atoms with Crippen LogP contribution < -0.4 is 10.9 Å². The Balaban J connectivity index is 1.44. The smallest absolute Gasteiger partial charge is 0.299 e. The minimum atomic E-state index is -4.25. The lowest BCUT2D eigenvalue weighted by Crippen LogP contribution is -2.48. The number of thiophene rings is 1. The van der Waals surface area contributed by atoms with E-state index < -0.39 is 12.6 Å². The molecule has 2 N–H and O–H groups in total. The molecule has 1 saturated heterocycles. The van der Waals surface area contributed by atoms with Gasteiger partial charge in [-0.05, 0) is 24.5 Å². The second kappa shape index (κ2) is 8.25. The van der Waals surface area contributed by atoms with Crippen LogP contribution in [0, 0.1) is 0 Å². The van der Waals surface area contributed by atoms with E-state index >= 15 is 0 Å². The summed E-state index contributed by atoms with van der Waals surface area (Å²) in [7, 11) is 0. The van der Waals surface area contributed by atoms with Gasteiger partial charge in [-0.1, -0.05) is 30.3 Å². The van der Waals surface area contributed by atoms with Gasteiger partial charge in [0.05, 0.1) is 11.8 Å². The van der Waals surface area contributed by atoms with E-state index in [1.807, 2.05) is 18.2 Å². The van der Waals surface area contributed by atoms with Gasteiger partial charge < -0.3 is 0 Å². The number of hydrogen-bond donors (Lipinski definition) is 1. The van der Waals surface area contributed by atoms with Crippen molar-refractivity contribution in [2.24, 2.45) is 5.84 Å². The van der Waals surface area contributed by atoms with E-state index in [0.717, 1.165) is 43.8 Å². The molecule has 0 bridgehead atoms. The molecular formula is C20H22F3N5S. The second-order valence-electron chi connectivity index (χ2n) is 7.32. The maximum absolute atomic E-state index is 12.7. The molecule has 0 atom stereocenters. The zero-order valence-corrected chi connectivity index (χ0v) is 16.6. The van der Waals surface area contributed by atoms with Crippen LogP contribution in [0.15, 0.2) is 42.7 Å². The van der Waals surface area contributed by atoms with Crippen molar-refractivity contribution in [2.75, 3.05) is 18.1 Å². The number of halogens is 3. The Bertz CT molecular complexity index is 952. The van der Waals surface area contributed by atoms with Gasteiger partial charge in [-0.15, -0.1) is 11.3 Å². The number of likely N-dealkylation sites (tertiary alicyclic amines) is 1. The summed E-state index contributed by atoms with van der Waals surface area (Å²) in [6.07, 6.45) is -2.10. The predicted molar refractivity (Wildman–Crippen MR) is 109 cm³/mol. The first kappa shape index (κ1) is 20.1. The molecule has 29 heavy (non-hydrogen) atoms. The van der Waals surface area contributed by atoms with Crippen molar-refractivity contribution in [2.45, 2.75) is 38.0 Å². The standard InChI is InChI=1S/C20H22F3N5S/c21-20(22,23)11-16-10-17-18(25-13-26-19(17)29-16)28(24)15-6-8-27(9-7-15)12-14-4-2-1-3-5-14/h1-5,10,13,15H,6-9,11-12,24H2. The van der Waals surface area contributed by atoms with E-state index in [9.17, 15) is 13.2 Å². The molecule has 154 valence electrons. The third-order valence-corrected chi connectivity index (χ3v) is 6.22. The highest BCUT2D eigenvalue weighted by Gasteiger charge is 2.30. The topological polar surface area (TPSA) is 58.3 Å². The van der Waals surface area contributed by atoms with Gasteiger partial charge in [0.1, 0.15) is 11.2 Å². The molecule has 4 rings (SSSR count). The summed E-state index contributed by atoms with van der Waals surface area (Å²) in [5.41, 5.74) is 1.28. The lowest BCUT2D eigenvalue weighted by molar-refractivity contribution is -0.126. The Morgan fingerprint density at radius 1 is 1.14 bits per heavy atom. The fourth-order valence-electron chi connectivity index (χ4n) is 3.75. The third kappa shape index (κ3) is 4.85. The van der Waals surface area contributed by atoms with Crippen LogP contribution in [0.1, 0.15) is 23.3 Å². The Kier molecular flexibility index (Phi) is 5.71. The molecule has 5 nitrogen and oxygen atoms in total. The summed E-state index contributed by atoms with van der Waals surface area (Å²) in [6.45, 7) is 2.72. The average molecular weight is 421 g/mol. The van der Waals surface area contributed by atoms with Gasteiger partial charge in [0.15, 0.2) is 5.82 Å². The summed E-state index contributed by atoms with van der Waals surface area (Å²) in [4.78, 5) is 11.6. The van der Waals surface area contributed by atoms with Crippen molar-refractivity contribution in [3.8, 4) is 0 Å². The first-order valence-corrected chi connectivity index (χ1v) is 10.3. The molecule has 1 aromatic carbocycles. The van der Waals surface area contributed by atoms with Crippen LogP contribution in [0.2, 0.25) is 0 Å². The van der Waals surface area contributed by atoms with Crippen LogP contribution in [0.25, 0.3) is 10.2 Å². The van der Waals surface area contributed by atoms with Gasteiger partial charge in [0.25, 0.3) is 0 Å². The number of piperidine rings is 1. The lowest BCUT2D eigenvalue weighted by atomic mass is 10.0. The summed E-state index contributed by atoms with van der Waals surface area (Å²) in [5.74, 6) is 6.88. The van der Waals surface area contributed by atoms with E-state index in [0.29, 0.717) is 16.0 Å². The Morgan fingerprint density at radius 3 is 2.55 bits per heavy atom. The number of alkyl halides is 3. The average Bonchev–Trinajstić information content (AvgIpc) is 3.09. The van der Waals surface area contributed by atoms with Gasteiger partial charge >= 0.3 is 6.18 Å². The van der Waals surface area contributed by atoms with Crippen LogP contribution in [0.4, 0.5) is 19.0 Å². The molecule has 3 aromatic rings. The number of nitrogens with zero attached hydrogens (tertiary/aromatic N) is 4. The fraction of sp³-hybridized carbons (Fsp3) is 0.400. The van der Waals surface area contributed by atoms with Crippen LogP contribution in [0.5, 0.6) is 0 Å². The van der Waals surface area contributed by atoms with E-state index in [4.69, 9.17) is 5.84 Å². The highest BCUT2D eigenvalue weighted by atomic mass is 32.1. The van der Waals surface area contributed by atoms with Gasteiger partial charge in [-0.3, -0.25) is 9.91 Å². The van der Waals surface area contributed by atoms with Crippen molar-refractivity contribution in [1.29, 1.82) is 0 Å². The van der Waals surface area contributed by atoms with Crippen molar-refractivity contribution < 1.29 is 13.2 Å². The molecule has 0 saturated carbocycles. The van der Waals surface area contributed by atoms with Crippen LogP contribution in [-0.4, -0.2) is 40.2 Å². The highest BCUT2D eigenvalue weighted by molar-refractivity contribution is 7.18. The summed E-state index contributed by atoms with van der Waals surface area (Å²) in [5, 5.41) is 2.21. The first-order chi connectivity index (χ1) is 13.9. The first-order valence-electron chi connectivity index (χ1n) is 9.49. The molecular weight excluding hydrogens is 399 g/mol. The number of aromatic nitrogens is 2. The molecule has 9 heteroatoms. The maximum atomic E-state index is 12.7. The molecule has 0 aliphatic carbocycles. The van der Waals surface area contributed by atoms with Gasteiger partial charge in [-0.2, -0.15) is 13.2 Å². The van der Waals surface area contributed by atoms with Gasteiger partial charge in [0, 0.05) is 30.6 Å². The zero-order valence-electron chi connectivity index (χ0n) is 15.8. The molecule has 1 aliphatic rings. The molecule has 0 unspecified atom stereocenters. The van der Waals surface area contributed by atoms with Gasteiger partial charge in [-0.25, -0.2) is 15.8 Å². The second-order valence-corrected chi connectivity index (χ2v) is 8.44. The molecule has 1 fully saturated rings. The largest absolute Gasteiger partial charge is 0.393 e. The Labute approximate surface area is 170 Å². The lowest BCUT2D eigenvalue weighted by Gasteiger charge is -2.36. The summed E-state index contributed by atoms with van der Waals surface area (Å²) >= 11 is 1.04. The number of anilines is 1. The summed E-state index contributed by atoms with van der Waals surface area (Å²) < 4.78 is 38.2. The molecule has 2 aromatic heterocycles.